The van der Waals surface area contributed by atoms with Gasteiger partial charge in [0.05, 0.1) is 18.7 Å². The second-order valence-electron chi connectivity index (χ2n) is 8.07. The van der Waals surface area contributed by atoms with Crippen molar-refractivity contribution in [1.29, 1.82) is 0 Å². The molecule has 2 unspecified atom stereocenters. The van der Waals surface area contributed by atoms with Crippen LogP contribution in [0.5, 0.6) is 5.75 Å². The molecule has 3 aliphatic heterocycles. The summed E-state index contributed by atoms with van der Waals surface area (Å²) in [7, 11) is 0. The second-order valence-corrected chi connectivity index (χ2v) is 8.07. The highest BCUT2D eigenvalue weighted by molar-refractivity contribution is 5.96. The van der Waals surface area contributed by atoms with Crippen molar-refractivity contribution in [2.24, 2.45) is 16.3 Å². The number of amidine groups is 1. The Morgan fingerprint density at radius 3 is 2.96 bits per heavy atom. The van der Waals surface area contributed by atoms with Crippen LogP contribution in [0, 0.1) is 11.3 Å². The molecule has 0 amide bonds. The minimum atomic E-state index is 0.294. The summed E-state index contributed by atoms with van der Waals surface area (Å²) >= 11 is 0. The number of nitrogens with zero attached hydrogens (tertiary/aromatic N) is 2. The van der Waals surface area contributed by atoms with Crippen molar-refractivity contribution in [2.75, 3.05) is 6.61 Å². The molecule has 1 saturated carbocycles. The maximum absolute atomic E-state index is 5.79. The lowest BCUT2D eigenvalue weighted by molar-refractivity contribution is 0.354. The first-order valence-electron chi connectivity index (χ1n) is 9.04. The third-order valence-electron chi connectivity index (χ3n) is 6.47. The first-order chi connectivity index (χ1) is 11.6. The summed E-state index contributed by atoms with van der Waals surface area (Å²) in [6, 6.07) is 7.39. The van der Waals surface area contributed by atoms with Gasteiger partial charge >= 0.3 is 0 Å². The van der Waals surface area contributed by atoms with E-state index in [2.05, 4.69) is 68.3 Å². The Balaban J connectivity index is 1.50. The van der Waals surface area contributed by atoms with Gasteiger partial charge < -0.3 is 9.64 Å². The smallest absolute Gasteiger partial charge is 0.128 e. The average molecular weight is 320 g/mol. The predicted molar refractivity (Wildman–Crippen MR) is 96.5 cm³/mol. The summed E-state index contributed by atoms with van der Waals surface area (Å²) in [6.07, 6.45) is 9.55. The van der Waals surface area contributed by atoms with Crippen LogP contribution in [0.3, 0.4) is 0 Å². The molecule has 4 atom stereocenters. The lowest BCUT2D eigenvalue weighted by atomic mass is 9.96. The number of hydrogen-bond donors (Lipinski definition) is 0. The fourth-order valence-corrected chi connectivity index (χ4v) is 5.15. The van der Waals surface area contributed by atoms with Crippen molar-refractivity contribution in [3.63, 3.8) is 0 Å². The molecular weight excluding hydrogens is 296 g/mol. The highest BCUT2D eigenvalue weighted by atomic mass is 16.5. The van der Waals surface area contributed by atoms with Gasteiger partial charge in [-0.1, -0.05) is 32.1 Å². The molecule has 3 heterocycles. The number of rotatable bonds is 2. The summed E-state index contributed by atoms with van der Waals surface area (Å²) in [6.45, 7) is 7.96. The number of aliphatic imine (C=N–C) groups is 1. The molecule has 0 aromatic heterocycles. The van der Waals surface area contributed by atoms with Gasteiger partial charge in [0.2, 0.25) is 0 Å². The van der Waals surface area contributed by atoms with Crippen molar-refractivity contribution in [2.45, 2.75) is 45.2 Å². The molecule has 1 aliphatic carbocycles. The minimum absolute atomic E-state index is 0.294. The minimum Gasteiger partial charge on any atom is -0.493 e. The Kier molecular flexibility index (Phi) is 2.83. The molecule has 1 aromatic rings. The summed E-state index contributed by atoms with van der Waals surface area (Å²) in [5, 5.41) is 0. The largest absolute Gasteiger partial charge is 0.493 e. The van der Waals surface area contributed by atoms with E-state index in [1.165, 1.54) is 11.1 Å². The van der Waals surface area contributed by atoms with E-state index in [0.29, 0.717) is 29.3 Å². The van der Waals surface area contributed by atoms with Crippen LogP contribution in [0.2, 0.25) is 0 Å². The molecule has 1 fully saturated rings. The lowest BCUT2D eigenvalue weighted by Gasteiger charge is -2.25. The van der Waals surface area contributed by atoms with Gasteiger partial charge in [-0.15, -0.1) is 0 Å². The van der Waals surface area contributed by atoms with E-state index in [1.54, 1.807) is 0 Å². The van der Waals surface area contributed by atoms with E-state index in [1.807, 2.05) is 0 Å². The van der Waals surface area contributed by atoms with Crippen LogP contribution >= 0.6 is 0 Å². The van der Waals surface area contributed by atoms with Crippen LogP contribution in [0.4, 0.5) is 0 Å². The molecule has 5 rings (SSSR count). The maximum Gasteiger partial charge on any atom is 0.128 e. The average Bonchev–Trinajstić information content (AvgIpc) is 2.94. The summed E-state index contributed by atoms with van der Waals surface area (Å²) in [5.41, 5.74) is 3.24. The summed E-state index contributed by atoms with van der Waals surface area (Å²) in [4.78, 5) is 7.42. The monoisotopic (exact) mass is 320 g/mol. The van der Waals surface area contributed by atoms with Crippen LogP contribution < -0.4 is 4.74 Å². The molecular formula is C21H24N2O. The van der Waals surface area contributed by atoms with Crippen molar-refractivity contribution >= 4 is 5.84 Å². The van der Waals surface area contributed by atoms with Gasteiger partial charge in [-0.05, 0) is 48.0 Å². The molecule has 0 bridgehead atoms. The van der Waals surface area contributed by atoms with Crippen LogP contribution in [0.1, 0.15) is 37.8 Å². The number of fused-ring (bicyclic) bond motifs is 2. The van der Waals surface area contributed by atoms with Gasteiger partial charge in [0.15, 0.2) is 0 Å². The summed E-state index contributed by atoms with van der Waals surface area (Å²) in [5.74, 6) is 3.40. The standard InChI is InChI=1S/C21H24N2O/c1-13-20(22-17-9-4-5-11-23(13)17)19-18(21(19,2)3)15-7-6-8-16-14(15)10-12-24-16/h4-9,11,13,18-20H,10,12H2,1-3H3/t13?,18-,19+,20?/m1/s1. The zero-order chi connectivity index (χ0) is 16.5. The molecule has 3 nitrogen and oxygen atoms in total. The lowest BCUT2D eigenvalue weighted by Crippen LogP contribution is -2.35. The fourth-order valence-electron chi connectivity index (χ4n) is 5.15. The topological polar surface area (TPSA) is 24.8 Å². The number of benzene rings is 1. The Bertz CT molecular complexity index is 789. The fraction of sp³-hybridized carbons (Fsp3) is 0.476. The van der Waals surface area contributed by atoms with Crippen LogP contribution in [0.15, 0.2) is 47.6 Å². The molecule has 3 heteroatoms. The Hall–Kier alpha value is -2.03. The highest BCUT2D eigenvalue weighted by Gasteiger charge is 2.64. The number of ether oxygens (including phenoxy) is 1. The molecule has 0 spiro atoms. The molecule has 1 aromatic carbocycles. The number of hydrogen-bond acceptors (Lipinski definition) is 3. The maximum atomic E-state index is 5.79. The first kappa shape index (κ1) is 14.3. The van der Waals surface area contributed by atoms with E-state index < -0.39 is 0 Å². The Labute approximate surface area is 143 Å². The SMILES string of the molecule is CC1C([C@@H]2[C@@H](c3cccc4c3CCO4)C2(C)C)N=C2C=CC=CN21. The zero-order valence-electron chi connectivity index (χ0n) is 14.6. The highest BCUT2D eigenvalue weighted by Crippen LogP contribution is 2.68. The molecule has 124 valence electrons. The third kappa shape index (κ3) is 1.81. The van der Waals surface area contributed by atoms with Gasteiger partial charge in [0, 0.05) is 18.2 Å². The van der Waals surface area contributed by atoms with E-state index in [9.17, 15) is 0 Å². The van der Waals surface area contributed by atoms with Gasteiger partial charge in [-0.25, -0.2) is 0 Å². The van der Waals surface area contributed by atoms with Crippen LogP contribution in [-0.4, -0.2) is 29.4 Å². The van der Waals surface area contributed by atoms with Crippen LogP contribution in [0.25, 0.3) is 0 Å². The second kappa shape index (κ2) is 4.75. The molecule has 24 heavy (non-hydrogen) atoms. The predicted octanol–water partition coefficient (Wildman–Crippen LogP) is 3.92. The summed E-state index contributed by atoms with van der Waals surface area (Å²) < 4.78 is 5.79. The van der Waals surface area contributed by atoms with E-state index in [0.717, 1.165) is 24.6 Å². The first-order valence-corrected chi connectivity index (χ1v) is 9.04. The normalized spacial score (nSPS) is 34.6. The van der Waals surface area contributed by atoms with E-state index >= 15 is 0 Å². The number of allylic oxidation sites excluding steroid dienone is 2. The van der Waals surface area contributed by atoms with Gasteiger partial charge in [-0.2, -0.15) is 0 Å². The zero-order valence-corrected chi connectivity index (χ0v) is 14.6. The van der Waals surface area contributed by atoms with Crippen molar-refractivity contribution < 1.29 is 4.74 Å². The van der Waals surface area contributed by atoms with Crippen molar-refractivity contribution in [1.82, 2.24) is 4.90 Å². The van der Waals surface area contributed by atoms with Crippen molar-refractivity contribution in [3.05, 3.63) is 53.8 Å². The molecule has 4 aliphatic rings. The third-order valence-corrected chi connectivity index (χ3v) is 6.47. The molecule has 0 N–H and O–H groups in total. The van der Waals surface area contributed by atoms with Crippen molar-refractivity contribution in [3.8, 4) is 5.75 Å². The van der Waals surface area contributed by atoms with Gasteiger partial charge in [0.1, 0.15) is 11.6 Å². The Morgan fingerprint density at radius 2 is 2.12 bits per heavy atom. The van der Waals surface area contributed by atoms with E-state index in [4.69, 9.17) is 9.73 Å². The van der Waals surface area contributed by atoms with Gasteiger partial charge in [0.25, 0.3) is 0 Å². The Morgan fingerprint density at radius 1 is 1.25 bits per heavy atom. The molecule has 0 radical (unpaired) electrons. The van der Waals surface area contributed by atoms with Gasteiger partial charge in [-0.3, -0.25) is 4.99 Å². The quantitative estimate of drug-likeness (QED) is 0.825. The van der Waals surface area contributed by atoms with E-state index in [-0.39, 0.29) is 0 Å². The van der Waals surface area contributed by atoms with Crippen LogP contribution in [-0.2, 0) is 6.42 Å². The molecule has 0 saturated heterocycles.